The lowest BCUT2D eigenvalue weighted by molar-refractivity contribution is 0.606. The van der Waals surface area contributed by atoms with Crippen molar-refractivity contribution < 1.29 is 0 Å². The number of hydrogen-bond donors (Lipinski definition) is 2. The fourth-order valence-electron chi connectivity index (χ4n) is 1.30. The standard InChI is InChI=1S/C12H21N3/c1-4-13-11-5-6-12(15-9-11)14-8-7-10(2)3/h5-6,9-10,13H,4,7-8H2,1-3H3,(H,14,15). The van der Waals surface area contributed by atoms with Crippen LogP contribution in [0.2, 0.25) is 0 Å². The van der Waals surface area contributed by atoms with Gasteiger partial charge < -0.3 is 10.6 Å². The number of aromatic nitrogens is 1. The van der Waals surface area contributed by atoms with Crippen LogP contribution < -0.4 is 10.6 Å². The molecular formula is C12H21N3. The Balaban J connectivity index is 2.36. The van der Waals surface area contributed by atoms with Crippen molar-refractivity contribution in [1.82, 2.24) is 4.98 Å². The van der Waals surface area contributed by atoms with E-state index in [1.165, 1.54) is 6.42 Å². The van der Waals surface area contributed by atoms with Gasteiger partial charge in [0.1, 0.15) is 5.82 Å². The molecule has 1 heterocycles. The molecule has 1 aromatic heterocycles. The molecule has 3 nitrogen and oxygen atoms in total. The van der Waals surface area contributed by atoms with Crippen LogP contribution in [0.3, 0.4) is 0 Å². The second-order valence-electron chi connectivity index (χ2n) is 4.07. The minimum absolute atomic E-state index is 0.735. The first-order valence-corrected chi connectivity index (χ1v) is 5.66. The molecule has 0 radical (unpaired) electrons. The fourth-order valence-corrected chi connectivity index (χ4v) is 1.30. The SMILES string of the molecule is CCNc1ccc(NCCC(C)C)nc1. The van der Waals surface area contributed by atoms with E-state index in [0.717, 1.165) is 30.5 Å². The predicted molar refractivity (Wildman–Crippen MR) is 66.3 cm³/mol. The highest BCUT2D eigenvalue weighted by atomic mass is 15.0. The Kier molecular flexibility index (Phi) is 4.95. The molecule has 0 aliphatic carbocycles. The molecule has 0 unspecified atom stereocenters. The van der Waals surface area contributed by atoms with Crippen molar-refractivity contribution in [2.45, 2.75) is 27.2 Å². The van der Waals surface area contributed by atoms with Crippen LogP contribution in [-0.4, -0.2) is 18.1 Å². The lowest BCUT2D eigenvalue weighted by Gasteiger charge is -2.08. The zero-order valence-corrected chi connectivity index (χ0v) is 9.88. The average Bonchev–Trinajstić information content (AvgIpc) is 2.20. The van der Waals surface area contributed by atoms with Crippen LogP contribution in [0, 0.1) is 5.92 Å². The Bertz CT molecular complexity index is 267. The van der Waals surface area contributed by atoms with Crippen LogP contribution in [0.1, 0.15) is 27.2 Å². The summed E-state index contributed by atoms with van der Waals surface area (Å²) in [6.45, 7) is 8.45. The Morgan fingerprint density at radius 1 is 1.27 bits per heavy atom. The molecule has 0 saturated carbocycles. The lowest BCUT2D eigenvalue weighted by atomic mass is 10.1. The molecule has 84 valence electrons. The number of pyridine rings is 1. The van der Waals surface area contributed by atoms with Crippen molar-refractivity contribution in [3.05, 3.63) is 18.3 Å². The molecule has 1 rings (SSSR count). The van der Waals surface area contributed by atoms with Gasteiger partial charge in [0.15, 0.2) is 0 Å². The minimum atomic E-state index is 0.735. The Hall–Kier alpha value is -1.25. The predicted octanol–water partition coefficient (Wildman–Crippen LogP) is 2.97. The van der Waals surface area contributed by atoms with E-state index in [-0.39, 0.29) is 0 Å². The Morgan fingerprint density at radius 2 is 2.07 bits per heavy atom. The molecule has 2 N–H and O–H groups in total. The van der Waals surface area contributed by atoms with E-state index in [2.05, 4.69) is 36.4 Å². The third kappa shape index (κ3) is 4.68. The van der Waals surface area contributed by atoms with Gasteiger partial charge in [-0.3, -0.25) is 0 Å². The zero-order valence-electron chi connectivity index (χ0n) is 9.88. The first kappa shape index (κ1) is 11.8. The van der Waals surface area contributed by atoms with E-state index >= 15 is 0 Å². The van der Waals surface area contributed by atoms with Gasteiger partial charge in [-0.1, -0.05) is 13.8 Å². The van der Waals surface area contributed by atoms with Crippen LogP contribution in [0.25, 0.3) is 0 Å². The molecule has 0 bridgehead atoms. The topological polar surface area (TPSA) is 37.0 Å². The number of hydrogen-bond acceptors (Lipinski definition) is 3. The van der Waals surface area contributed by atoms with Crippen molar-refractivity contribution in [3.63, 3.8) is 0 Å². The third-order valence-electron chi connectivity index (χ3n) is 2.17. The van der Waals surface area contributed by atoms with Gasteiger partial charge in [-0.15, -0.1) is 0 Å². The minimum Gasteiger partial charge on any atom is -0.384 e. The van der Waals surface area contributed by atoms with Crippen molar-refractivity contribution in [2.75, 3.05) is 23.7 Å². The molecule has 0 saturated heterocycles. The van der Waals surface area contributed by atoms with Crippen molar-refractivity contribution in [3.8, 4) is 0 Å². The molecule has 1 aromatic rings. The molecule has 0 spiro atoms. The summed E-state index contributed by atoms with van der Waals surface area (Å²) in [6, 6.07) is 4.06. The van der Waals surface area contributed by atoms with E-state index in [4.69, 9.17) is 0 Å². The summed E-state index contributed by atoms with van der Waals surface area (Å²) in [6.07, 6.45) is 3.04. The largest absolute Gasteiger partial charge is 0.384 e. The maximum Gasteiger partial charge on any atom is 0.126 e. The molecular weight excluding hydrogens is 186 g/mol. The number of anilines is 2. The number of nitrogens with one attached hydrogen (secondary N) is 2. The van der Waals surface area contributed by atoms with E-state index in [1.54, 1.807) is 0 Å². The summed E-state index contributed by atoms with van der Waals surface area (Å²) >= 11 is 0. The van der Waals surface area contributed by atoms with Gasteiger partial charge in [0.2, 0.25) is 0 Å². The van der Waals surface area contributed by atoms with Gasteiger partial charge in [-0.2, -0.15) is 0 Å². The summed E-state index contributed by atoms with van der Waals surface area (Å²) in [5.41, 5.74) is 1.08. The monoisotopic (exact) mass is 207 g/mol. The maximum absolute atomic E-state index is 4.32. The van der Waals surface area contributed by atoms with Crippen molar-refractivity contribution >= 4 is 11.5 Å². The highest BCUT2D eigenvalue weighted by Crippen LogP contribution is 2.09. The quantitative estimate of drug-likeness (QED) is 0.753. The summed E-state index contributed by atoms with van der Waals surface area (Å²) < 4.78 is 0. The van der Waals surface area contributed by atoms with Crippen LogP contribution in [0.5, 0.6) is 0 Å². The van der Waals surface area contributed by atoms with Gasteiger partial charge >= 0.3 is 0 Å². The molecule has 3 heteroatoms. The number of nitrogens with zero attached hydrogens (tertiary/aromatic N) is 1. The smallest absolute Gasteiger partial charge is 0.126 e. The maximum atomic E-state index is 4.32. The Labute approximate surface area is 92.3 Å². The molecule has 0 aliphatic heterocycles. The van der Waals surface area contributed by atoms with Gasteiger partial charge in [0.05, 0.1) is 11.9 Å². The van der Waals surface area contributed by atoms with Crippen LogP contribution in [-0.2, 0) is 0 Å². The third-order valence-corrected chi connectivity index (χ3v) is 2.17. The highest BCUT2D eigenvalue weighted by Gasteiger charge is 1.96. The highest BCUT2D eigenvalue weighted by molar-refractivity contribution is 5.46. The fraction of sp³-hybridized carbons (Fsp3) is 0.583. The van der Waals surface area contributed by atoms with Gasteiger partial charge in [0, 0.05) is 13.1 Å². The second-order valence-corrected chi connectivity index (χ2v) is 4.07. The molecule has 0 aromatic carbocycles. The van der Waals surface area contributed by atoms with Crippen LogP contribution in [0.4, 0.5) is 11.5 Å². The lowest BCUT2D eigenvalue weighted by Crippen LogP contribution is -2.06. The van der Waals surface area contributed by atoms with Crippen LogP contribution >= 0.6 is 0 Å². The van der Waals surface area contributed by atoms with E-state index in [0.29, 0.717) is 0 Å². The number of rotatable bonds is 6. The molecule has 0 fully saturated rings. The van der Waals surface area contributed by atoms with E-state index in [9.17, 15) is 0 Å². The van der Waals surface area contributed by atoms with E-state index in [1.807, 2.05) is 18.3 Å². The van der Waals surface area contributed by atoms with Gasteiger partial charge in [0.25, 0.3) is 0 Å². The first-order valence-electron chi connectivity index (χ1n) is 5.66. The van der Waals surface area contributed by atoms with Crippen molar-refractivity contribution in [2.24, 2.45) is 5.92 Å². The van der Waals surface area contributed by atoms with Gasteiger partial charge in [-0.05, 0) is 31.4 Å². The summed E-state index contributed by atoms with van der Waals surface area (Å²) in [7, 11) is 0. The summed E-state index contributed by atoms with van der Waals surface area (Å²) in [5.74, 6) is 1.69. The summed E-state index contributed by atoms with van der Waals surface area (Å²) in [5, 5.41) is 6.53. The summed E-state index contributed by atoms with van der Waals surface area (Å²) in [4.78, 5) is 4.32. The normalized spacial score (nSPS) is 10.4. The molecule has 0 aliphatic rings. The average molecular weight is 207 g/mol. The van der Waals surface area contributed by atoms with Crippen LogP contribution in [0.15, 0.2) is 18.3 Å². The molecule has 0 amide bonds. The second kappa shape index (κ2) is 6.27. The van der Waals surface area contributed by atoms with Gasteiger partial charge in [-0.25, -0.2) is 4.98 Å². The van der Waals surface area contributed by atoms with E-state index < -0.39 is 0 Å². The first-order chi connectivity index (χ1) is 7.22. The molecule has 0 atom stereocenters. The molecule has 15 heavy (non-hydrogen) atoms. The van der Waals surface area contributed by atoms with Crippen molar-refractivity contribution in [1.29, 1.82) is 0 Å². The Morgan fingerprint density at radius 3 is 2.60 bits per heavy atom. The zero-order chi connectivity index (χ0) is 11.1.